The van der Waals surface area contributed by atoms with Gasteiger partial charge in [-0.25, -0.2) is 4.98 Å². The van der Waals surface area contributed by atoms with E-state index in [9.17, 15) is 4.79 Å². The quantitative estimate of drug-likeness (QED) is 0.268. The summed E-state index contributed by atoms with van der Waals surface area (Å²) in [6, 6.07) is 14.6. The third-order valence-corrected chi connectivity index (χ3v) is 7.20. The van der Waals surface area contributed by atoms with Crippen molar-refractivity contribution in [2.24, 2.45) is 0 Å². The number of nitrogens with one attached hydrogen (secondary N) is 1. The van der Waals surface area contributed by atoms with Gasteiger partial charge in [-0.2, -0.15) is 9.78 Å². The fourth-order valence-corrected chi connectivity index (χ4v) is 5.12. The first kappa shape index (κ1) is 21.6. The first-order valence-electron chi connectivity index (χ1n) is 10.3. The minimum Gasteiger partial charge on any atom is -0.311 e. The van der Waals surface area contributed by atoms with E-state index in [2.05, 4.69) is 67.6 Å². The molecular formula is C24H26N4OS2. The van der Waals surface area contributed by atoms with Crippen molar-refractivity contribution in [3.05, 3.63) is 64.8 Å². The van der Waals surface area contributed by atoms with Crippen LogP contribution in [-0.2, 0) is 4.79 Å². The summed E-state index contributed by atoms with van der Waals surface area (Å²) in [6.07, 6.45) is 1.29. The topological polar surface area (TPSA) is 59.8 Å². The van der Waals surface area contributed by atoms with Crippen LogP contribution in [0, 0.1) is 27.7 Å². The molecule has 0 bridgehead atoms. The van der Waals surface area contributed by atoms with E-state index in [1.165, 1.54) is 21.6 Å². The van der Waals surface area contributed by atoms with Crippen molar-refractivity contribution in [2.45, 2.75) is 45.4 Å². The Morgan fingerprint density at radius 1 is 1.06 bits per heavy atom. The SMILES string of the molecule is Cc1ccc(SCCCC(=O)Nc2cc(C)nn2-c2nc3cc(C)c(C)cc3s2)cc1. The van der Waals surface area contributed by atoms with Crippen LogP contribution in [-0.4, -0.2) is 26.4 Å². The molecule has 0 spiro atoms. The highest BCUT2D eigenvalue weighted by Crippen LogP contribution is 2.29. The smallest absolute Gasteiger partial charge is 0.225 e. The van der Waals surface area contributed by atoms with Crippen molar-refractivity contribution < 1.29 is 4.79 Å². The normalized spacial score (nSPS) is 11.2. The molecule has 1 N–H and O–H groups in total. The summed E-state index contributed by atoms with van der Waals surface area (Å²) in [4.78, 5) is 18.5. The number of carbonyl (C=O) groups is 1. The van der Waals surface area contributed by atoms with Crippen LogP contribution < -0.4 is 5.32 Å². The van der Waals surface area contributed by atoms with Crippen molar-refractivity contribution in [1.82, 2.24) is 14.8 Å². The van der Waals surface area contributed by atoms with E-state index < -0.39 is 0 Å². The number of thiazole rings is 1. The molecule has 2 aromatic carbocycles. The first-order chi connectivity index (χ1) is 14.9. The van der Waals surface area contributed by atoms with Crippen LogP contribution in [0.4, 0.5) is 5.82 Å². The Morgan fingerprint density at radius 2 is 1.81 bits per heavy atom. The Hall–Kier alpha value is -2.64. The lowest BCUT2D eigenvalue weighted by Crippen LogP contribution is -2.14. The number of nitrogens with zero attached hydrogens (tertiary/aromatic N) is 3. The summed E-state index contributed by atoms with van der Waals surface area (Å²) in [6.45, 7) is 8.21. The summed E-state index contributed by atoms with van der Waals surface area (Å²) in [5, 5.41) is 8.35. The zero-order valence-corrected chi connectivity index (χ0v) is 19.9. The van der Waals surface area contributed by atoms with Crippen LogP contribution >= 0.6 is 23.1 Å². The molecule has 2 aromatic heterocycles. The van der Waals surface area contributed by atoms with Crippen LogP contribution in [0.3, 0.4) is 0 Å². The molecule has 1 amide bonds. The largest absolute Gasteiger partial charge is 0.311 e. The number of aryl methyl sites for hydroxylation is 4. The summed E-state index contributed by atoms with van der Waals surface area (Å²) < 4.78 is 2.86. The molecule has 0 unspecified atom stereocenters. The number of benzene rings is 2. The molecule has 0 saturated heterocycles. The Morgan fingerprint density at radius 3 is 2.58 bits per heavy atom. The first-order valence-corrected chi connectivity index (χ1v) is 12.1. The van der Waals surface area contributed by atoms with E-state index in [1.54, 1.807) is 27.8 Å². The highest BCUT2D eigenvalue weighted by atomic mass is 32.2. The molecule has 160 valence electrons. The Kier molecular flexibility index (Phi) is 6.43. The van der Waals surface area contributed by atoms with Crippen molar-refractivity contribution >= 4 is 45.0 Å². The number of amides is 1. The predicted octanol–water partition coefficient (Wildman–Crippen LogP) is 6.23. The summed E-state index contributed by atoms with van der Waals surface area (Å²) in [5.41, 5.74) is 5.53. The molecule has 2 heterocycles. The lowest BCUT2D eigenvalue weighted by Gasteiger charge is -2.06. The number of thioether (sulfide) groups is 1. The number of aromatic nitrogens is 3. The molecular weight excluding hydrogens is 424 g/mol. The highest BCUT2D eigenvalue weighted by Gasteiger charge is 2.15. The maximum atomic E-state index is 12.5. The number of carbonyl (C=O) groups excluding carboxylic acids is 1. The van der Waals surface area contributed by atoms with Gasteiger partial charge in [0.15, 0.2) is 0 Å². The standard InChI is InChI=1S/C24H26N4OS2/c1-15-7-9-19(10-8-15)30-11-5-6-23(29)26-22-14-18(4)27-28(22)24-25-20-12-16(2)17(3)13-21(20)31-24/h7-10,12-14H,5-6,11H2,1-4H3,(H,26,29). The van der Waals surface area contributed by atoms with Crippen LogP contribution in [0.25, 0.3) is 15.3 Å². The van der Waals surface area contributed by atoms with Crippen LogP contribution in [0.15, 0.2) is 47.4 Å². The Balaban J connectivity index is 1.40. The Bertz CT molecular complexity index is 1190. The number of rotatable bonds is 7. The lowest BCUT2D eigenvalue weighted by molar-refractivity contribution is -0.116. The summed E-state index contributed by atoms with van der Waals surface area (Å²) >= 11 is 3.36. The van der Waals surface area contributed by atoms with Gasteiger partial charge in [0.1, 0.15) is 5.82 Å². The minimum atomic E-state index is -0.00143. The van der Waals surface area contributed by atoms with E-state index in [0.717, 1.165) is 33.2 Å². The van der Waals surface area contributed by atoms with Crippen molar-refractivity contribution in [3.63, 3.8) is 0 Å². The molecule has 4 rings (SSSR count). The van der Waals surface area contributed by atoms with Gasteiger partial charge in [0.25, 0.3) is 0 Å². The second-order valence-corrected chi connectivity index (χ2v) is 9.97. The zero-order valence-electron chi connectivity index (χ0n) is 18.2. The monoisotopic (exact) mass is 450 g/mol. The van der Waals surface area contributed by atoms with E-state index in [-0.39, 0.29) is 5.91 Å². The van der Waals surface area contributed by atoms with Gasteiger partial charge in [-0.15, -0.1) is 11.8 Å². The van der Waals surface area contributed by atoms with Gasteiger partial charge in [0.2, 0.25) is 11.0 Å². The third kappa shape index (κ3) is 5.17. The van der Waals surface area contributed by atoms with E-state index in [4.69, 9.17) is 4.98 Å². The van der Waals surface area contributed by atoms with Crippen LogP contribution in [0.2, 0.25) is 0 Å². The molecule has 0 fully saturated rings. The maximum absolute atomic E-state index is 12.5. The molecule has 7 heteroatoms. The Labute approximate surface area is 190 Å². The van der Waals surface area contributed by atoms with Crippen LogP contribution in [0.1, 0.15) is 35.2 Å². The average molecular weight is 451 g/mol. The van der Waals surface area contributed by atoms with Crippen molar-refractivity contribution in [1.29, 1.82) is 0 Å². The fourth-order valence-electron chi connectivity index (χ4n) is 3.26. The molecule has 5 nitrogen and oxygen atoms in total. The molecule has 0 aliphatic carbocycles. The highest BCUT2D eigenvalue weighted by molar-refractivity contribution is 7.99. The van der Waals surface area contributed by atoms with Gasteiger partial charge < -0.3 is 5.32 Å². The van der Waals surface area contributed by atoms with E-state index >= 15 is 0 Å². The maximum Gasteiger partial charge on any atom is 0.225 e. The molecule has 0 saturated carbocycles. The molecule has 0 aliphatic rings. The predicted molar refractivity (Wildman–Crippen MR) is 131 cm³/mol. The molecule has 31 heavy (non-hydrogen) atoms. The second-order valence-electron chi connectivity index (χ2n) is 7.80. The summed E-state index contributed by atoms with van der Waals surface area (Å²) in [7, 11) is 0. The fraction of sp³-hybridized carbons (Fsp3) is 0.292. The van der Waals surface area contributed by atoms with Gasteiger partial charge in [-0.1, -0.05) is 29.0 Å². The number of fused-ring (bicyclic) bond motifs is 1. The van der Waals surface area contributed by atoms with Crippen molar-refractivity contribution in [2.75, 3.05) is 11.1 Å². The zero-order chi connectivity index (χ0) is 22.0. The van der Waals surface area contributed by atoms with E-state index in [0.29, 0.717) is 12.2 Å². The number of hydrogen-bond donors (Lipinski definition) is 1. The van der Waals surface area contributed by atoms with Gasteiger partial charge in [0, 0.05) is 17.4 Å². The van der Waals surface area contributed by atoms with Crippen molar-refractivity contribution in [3.8, 4) is 5.13 Å². The molecule has 0 atom stereocenters. The van der Waals surface area contributed by atoms with Crippen LogP contribution in [0.5, 0.6) is 0 Å². The molecule has 0 radical (unpaired) electrons. The minimum absolute atomic E-state index is 0.00143. The molecule has 0 aliphatic heterocycles. The number of hydrogen-bond acceptors (Lipinski definition) is 5. The van der Waals surface area contributed by atoms with Gasteiger partial charge in [-0.3, -0.25) is 4.79 Å². The lowest BCUT2D eigenvalue weighted by atomic mass is 10.1. The van der Waals surface area contributed by atoms with E-state index in [1.807, 2.05) is 13.0 Å². The second kappa shape index (κ2) is 9.24. The number of anilines is 1. The van der Waals surface area contributed by atoms with Gasteiger partial charge in [-0.05, 0) is 75.3 Å². The molecule has 4 aromatic rings. The third-order valence-electron chi connectivity index (χ3n) is 5.11. The summed E-state index contributed by atoms with van der Waals surface area (Å²) in [5.74, 6) is 1.57. The van der Waals surface area contributed by atoms with Gasteiger partial charge in [0.05, 0.1) is 15.9 Å². The average Bonchev–Trinajstić information content (AvgIpc) is 3.29. The van der Waals surface area contributed by atoms with Gasteiger partial charge >= 0.3 is 0 Å².